The number of phenolic OH excluding ortho intramolecular Hbond substituents is 1. The predicted molar refractivity (Wildman–Crippen MR) is 76.9 cm³/mol. The van der Waals surface area contributed by atoms with Crippen LogP contribution in [0.15, 0.2) is 30.3 Å². The molecule has 2 rings (SSSR count). The summed E-state index contributed by atoms with van der Waals surface area (Å²) in [5, 5.41) is 13.4. The largest absolute Gasteiger partial charge is 0.506 e. The van der Waals surface area contributed by atoms with Crippen molar-refractivity contribution in [2.75, 3.05) is 5.32 Å². The number of hydrogen-bond donors (Lipinski definition) is 2. The molecule has 0 bridgehead atoms. The average Bonchev–Trinajstić information content (AvgIpc) is 2.34. The van der Waals surface area contributed by atoms with Crippen molar-refractivity contribution in [3.05, 3.63) is 56.8 Å². The van der Waals surface area contributed by atoms with Gasteiger partial charge in [0.05, 0.1) is 15.7 Å². The fourth-order valence-electron chi connectivity index (χ4n) is 1.60. The smallest absolute Gasteiger partial charge is 0.147 e. The van der Waals surface area contributed by atoms with Gasteiger partial charge in [-0.3, -0.25) is 0 Å². The number of aromatic hydroxyl groups is 1. The molecule has 100 valence electrons. The van der Waals surface area contributed by atoms with E-state index in [2.05, 4.69) is 5.32 Å². The molecule has 19 heavy (non-hydrogen) atoms. The van der Waals surface area contributed by atoms with Gasteiger partial charge in [-0.2, -0.15) is 0 Å². The minimum absolute atomic E-state index is 0.0916. The summed E-state index contributed by atoms with van der Waals surface area (Å²) >= 11 is 17.5. The molecule has 2 N–H and O–H groups in total. The van der Waals surface area contributed by atoms with E-state index in [9.17, 15) is 9.50 Å². The first kappa shape index (κ1) is 14.3. The Kier molecular flexibility index (Phi) is 4.40. The maximum absolute atomic E-state index is 13.6. The van der Waals surface area contributed by atoms with Gasteiger partial charge in [-0.05, 0) is 24.3 Å². The molecular weight excluding hydrogens is 312 g/mol. The van der Waals surface area contributed by atoms with Gasteiger partial charge in [-0.1, -0.05) is 40.9 Å². The van der Waals surface area contributed by atoms with Crippen LogP contribution in [0.4, 0.5) is 10.1 Å². The van der Waals surface area contributed by atoms with Crippen LogP contribution in [0.2, 0.25) is 15.1 Å². The summed E-state index contributed by atoms with van der Waals surface area (Å²) in [7, 11) is 0. The van der Waals surface area contributed by atoms with Crippen LogP contribution in [0.3, 0.4) is 0 Å². The summed E-state index contributed by atoms with van der Waals surface area (Å²) in [6.07, 6.45) is 0. The minimum Gasteiger partial charge on any atom is -0.506 e. The summed E-state index contributed by atoms with van der Waals surface area (Å²) in [4.78, 5) is 0. The van der Waals surface area contributed by atoms with Gasteiger partial charge in [0.15, 0.2) is 0 Å². The number of anilines is 1. The maximum Gasteiger partial charge on any atom is 0.147 e. The van der Waals surface area contributed by atoms with Gasteiger partial charge < -0.3 is 10.4 Å². The second-order valence-electron chi connectivity index (χ2n) is 3.85. The number of hydrogen-bond acceptors (Lipinski definition) is 2. The number of phenols is 1. The van der Waals surface area contributed by atoms with E-state index in [0.717, 1.165) is 0 Å². The second kappa shape index (κ2) is 5.87. The molecule has 0 heterocycles. The van der Waals surface area contributed by atoms with Crippen molar-refractivity contribution in [2.24, 2.45) is 0 Å². The van der Waals surface area contributed by atoms with Gasteiger partial charge in [0, 0.05) is 17.1 Å². The Morgan fingerprint density at radius 2 is 1.84 bits per heavy atom. The molecule has 2 nitrogen and oxygen atoms in total. The molecule has 0 atom stereocenters. The highest BCUT2D eigenvalue weighted by Crippen LogP contribution is 2.32. The normalized spacial score (nSPS) is 10.5. The van der Waals surface area contributed by atoms with E-state index in [1.54, 1.807) is 12.1 Å². The number of benzene rings is 2. The van der Waals surface area contributed by atoms with Crippen LogP contribution >= 0.6 is 34.8 Å². The van der Waals surface area contributed by atoms with Gasteiger partial charge in [-0.25, -0.2) is 4.39 Å². The van der Waals surface area contributed by atoms with E-state index in [1.165, 1.54) is 18.2 Å². The lowest BCUT2D eigenvalue weighted by molar-refractivity contribution is 0.469. The molecule has 0 fully saturated rings. The Hall–Kier alpha value is -1.16. The van der Waals surface area contributed by atoms with Crippen molar-refractivity contribution in [3.63, 3.8) is 0 Å². The average molecular weight is 321 g/mol. The molecule has 0 radical (unpaired) electrons. The lowest BCUT2D eigenvalue weighted by Crippen LogP contribution is -2.02. The highest BCUT2D eigenvalue weighted by atomic mass is 35.5. The van der Waals surface area contributed by atoms with E-state index < -0.39 is 5.82 Å². The number of para-hydroxylation sites is 1. The second-order valence-corrected chi connectivity index (χ2v) is 5.10. The Labute approximate surface area is 124 Å². The van der Waals surface area contributed by atoms with E-state index in [0.29, 0.717) is 10.6 Å². The molecule has 0 amide bonds. The highest BCUT2D eigenvalue weighted by molar-refractivity contribution is 6.35. The lowest BCUT2D eigenvalue weighted by Gasteiger charge is -2.11. The molecule has 0 saturated carbocycles. The third-order valence-corrected chi connectivity index (χ3v) is 3.35. The topological polar surface area (TPSA) is 32.3 Å². The Morgan fingerprint density at radius 3 is 2.53 bits per heavy atom. The number of nitrogens with one attached hydrogen (secondary N) is 1. The van der Waals surface area contributed by atoms with Crippen LogP contribution in [-0.4, -0.2) is 5.11 Å². The molecule has 0 aliphatic rings. The molecule has 0 aromatic heterocycles. The van der Waals surface area contributed by atoms with Crippen LogP contribution in [0.25, 0.3) is 0 Å². The third kappa shape index (κ3) is 3.24. The summed E-state index contributed by atoms with van der Waals surface area (Å²) in [6, 6.07) is 7.34. The number of halogens is 4. The standard InChI is InChI=1S/C13H9Cl3FNO/c14-8-4-7(13(19)10(16)5-8)6-18-12-9(15)2-1-3-11(12)17/h1-5,18-19H,6H2. The summed E-state index contributed by atoms with van der Waals surface area (Å²) in [5.41, 5.74) is 0.622. The zero-order valence-corrected chi connectivity index (χ0v) is 11.8. The van der Waals surface area contributed by atoms with Crippen molar-refractivity contribution in [1.29, 1.82) is 0 Å². The Bertz CT molecular complexity index is 599. The minimum atomic E-state index is -0.472. The SMILES string of the molecule is Oc1c(Cl)cc(Cl)cc1CNc1c(F)cccc1Cl. The monoisotopic (exact) mass is 319 g/mol. The van der Waals surface area contributed by atoms with Crippen molar-refractivity contribution < 1.29 is 9.50 Å². The molecule has 2 aromatic rings. The molecular formula is C13H9Cl3FNO. The molecule has 0 spiro atoms. The quantitative estimate of drug-likeness (QED) is 0.824. The summed E-state index contributed by atoms with van der Waals surface area (Å²) in [6.45, 7) is 0.146. The zero-order chi connectivity index (χ0) is 14.0. The van der Waals surface area contributed by atoms with Gasteiger partial charge in [0.25, 0.3) is 0 Å². The van der Waals surface area contributed by atoms with Crippen molar-refractivity contribution in [2.45, 2.75) is 6.54 Å². The van der Waals surface area contributed by atoms with E-state index in [4.69, 9.17) is 34.8 Å². The van der Waals surface area contributed by atoms with Gasteiger partial charge >= 0.3 is 0 Å². The summed E-state index contributed by atoms with van der Waals surface area (Å²) in [5.74, 6) is -0.564. The van der Waals surface area contributed by atoms with Crippen molar-refractivity contribution in [1.82, 2.24) is 0 Å². The Balaban J connectivity index is 2.24. The zero-order valence-electron chi connectivity index (χ0n) is 9.55. The fraction of sp³-hybridized carbons (Fsp3) is 0.0769. The van der Waals surface area contributed by atoms with E-state index in [-0.39, 0.29) is 28.0 Å². The van der Waals surface area contributed by atoms with Gasteiger partial charge in [0.1, 0.15) is 11.6 Å². The maximum atomic E-state index is 13.6. The fourth-order valence-corrected chi connectivity index (χ4v) is 2.37. The first-order valence-electron chi connectivity index (χ1n) is 5.34. The third-order valence-electron chi connectivity index (χ3n) is 2.53. The van der Waals surface area contributed by atoms with Crippen LogP contribution in [0.1, 0.15) is 5.56 Å². The molecule has 0 aliphatic heterocycles. The summed E-state index contributed by atoms with van der Waals surface area (Å²) < 4.78 is 13.6. The first-order valence-corrected chi connectivity index (χ1v) is 6.47. The first-order chi connectivity index (χ1) is 8.99. The highest BCUT2D eigenvalue weighted by Gasteiger charge is 2.10. The van der Waals surface area contributed by atoms with Crippen LogP contribution in [0, 0.1) is 5.82 Å². The Morgan fingerprint density at radius 1 is 1.11 bits per heavy atom. The molecule has 6 heteroatoms. The molecule has 0 saturated heterocycles. The molecule has 2 aromatic carbocycles. The number of rotatable bonds is 3. The van der Waals surface area contributed by atoms with Crippen molar-refractivity contribution >= 4 is 40.5 Å². The van der Waals surface area contributed by atoms with Crippen LogP contribution < -0.4 is 5.32 Å². The van der Waals surface area contributed by atoms with E-state index >= 15 is 0 Å². The molecule has 0 unspecified atom stereocenters. The van der Waals surface area contributed by atoms with Crippen LogP contribution in [0.5, 0.6) is 5.75 Å². The van der Waals surface area contributed by atoms with E-state index in [1.807, 2.05) is 0 Å². The lowest BCUT2D eigenvalue weighted by atomic mass is 10.2. The van der Waals surface area contributed by atoms with Gasteiger partial charge in [0.2, 0.25) is 0 Å². The van der Waals surface area contributed by atoms with Gasteiger partial charge in [-0.15, -0.1) is 0 Å². The molecule has 0 aliphatic carbocycles. The van der Waals surface area contributed by atoms with Crippen LogP contribution in [-0.2, 0) is 6.54 Å². The predicted octanol–water partition coefficient (Wildman–Crippen LogP) is 5.10. The van der Waals surface area contributed by atoms with Crippen molar-refractivity contribution in [3.8, 4) is 5.75 Å².